The van der Waals surface area contributed by atoms with E-state index >= 15 is 0 Å². The third kappa shape index (κ3) is 3.62. The van der Waals surface area contributed by atoms with Crippen molar-refractivity contribution in [1.29, 1.82) is 0 Å². The van der Waals surface area contributed by atoms with E-state index in [-0.39, 0.29) is 11.8 Å². The lowest BCUT2D eigenvalue weighted by atomic mass is 10.2. The Morgan fingerprint density at radius 1 is 1.40 bits per heavy atom. The van der Waals surface area contributed by atoms with Crippen LogP contribution in [-0.2, 0) is 4.79 Å². The van der Waals surface area contributed by atoms with E-state index in [1.165, 1.54) is 0 Å². The zero-order chi connectivity index (χ0) is 14.7. The summed E-state index contributed by atoms with van der Waals surface area (Å²) in [7, 11) is 0. The standard InChI is InChI=1S/C15H22N2O3/c1-4-17(8-7-14(18)16-12-5-6-12)15(19)13-9-10(2)20-11(13)3/h9,12H,4-8H2,1-3H3,(H,16,18). The summed E-state index contributed by atoms with van der Waals surface area (Å²) in [6.07, 6.45) is 2.51. The molecule has 0 spiro atoms. The van der Waals surface area contributed by atoms with Crippen LogP contribution in [0.2, 0.25) is 0 Å². The molecular weight excluding hydrogens is 256 g/mol. The number of rotatable bonds is 6. The molecule has 1 N–H and O–H groups in total. The Balaban J connectivity index is 1.91. The van der Waals surface area contributed by atoms with Crippen LogP contribution < -0.4 is 5.32 Å². The van der Waals surface area contributed by atoms with Gasteiger partial charge in [-0.1, -0.05) is 0 Å². The lowest BCUT2D eigenvalue weighted by Crippen LogP contribution is -2.35. The minimum absolute atomic E-state index is 0.0267. The van der Waals surface area contributed by atoms with E-state index in [1.54, 1.807) is 17.9 Å². The van der Waals surface area contributed by atoms with E-state index < -0.39 is 0 Å². The van der Waals surface area contributed by atoms with Crippen LogP contribution in [0, 0.1) is 13.8 Å². The van der Waals surface area contributed by atoms with Gasteiger partial charge in [-0.15, -0.1) is 0 Å². The average molecular weight is 278 g/mol. The number of furan rings is 1. The number of hydrogen-bond donors (Lipinski definition) is 1. The third-order valence-corrected chi connectivity index (χ3v) is 3.49. The summed E-state index contributed by atoms with van der Waals surface area (Å²) in [6, 6.07) is 2.12. The first-order valence-electron chi connectivity index (χ1n) is 7.17. The van der Waals surface area contributed by atoms with Gasteiger partial charge in [0, 0.05) is 25.6 Å². The molecule has 1 aromatic heterocycles. The fraction of sp³-hybridized carbons (Fsp3) is 0.600. The summed E-state index contributed by atoms with van der Waals surface area (Å²) in [5.41, 5.74) is 0.590. The summed E-state index contributed by atoms with van der Waals surface area (Å²) >= 11 is 0. The molecule has 1 heterocycles. The number of nitrogens with zero attached hydrogens (tertiary/aromatic N) is 1. The normalized spacial score (nSPS) is 14.2. The van der Waals surface area contributed by atoms with E-state index in [0.29, 0.717) is 36.9 Å². The van der Waals surface area contributed by atoms with Crippen LogP contribution in [0.1, 0.15) is 48.1 Å². The molecule has 1 saturated carbocycles. The van der Waals surface area contributed by atoms with Crippen LogP contribution in [0.3, 0.4) is 0 Å². The minimum atomic E-state index is -0.0685. The van der Waals surface area contributed by atoms with Crippen LogP contribution in [0.4, 0.5) is 0 Å². The molecule has 1 fully saturated rings. The highest BCUT2D eigenvalue weighted by Gasteiger charge is 2.24. The Morgan fingerprint density at radius 2 is 2.10 bits per heavy atom. The van der Waals surface area contributed by atoms with Gasteiger partial charge in [0.25, 0.3) is 5.91 Å². The second-order valence-corrected chi connectivity index (χ2v) is 5.30. The molecule has 0 atom stereocenters. The van der Waals surface area contributed by atoms with Crippen molar-refractivity contribution in [3.63, 3.8) is 0 Å². The molecule has 1 aliphatic rings. The van der Waals surface area contributed by atoms with Gasteiger partial charge < -0.3 is 14.6 Å². The van der Waals surface area contributed by atoms with Crippen LogP contribution in [-0.4, -0.2) is 35.8 Å². The molecule has 0 saturated heterocycles. The number of nitrogens with one attached hydrogen (secondary N) is 1. The minimum Gasteiger partial charge on any atom is -0.466 e. The molecule has 0 bridgehead atoms. The van der Waals surface area contributed by atoms with E-state index in [1.807, 2.05) is 13.8 Å². The Bertz CT molecular complexity index is 503. The van der Waals surface area contributed by atoms with Gasteiger partial charge in [0.05, 0.1) is 5.56 Å². The summed E-state index contributed by atoms with van der Waals surface area (Å²) in [4.78, 5) is 25.8. The smallest absolute Gasteiger partial charge is 0.257 e. The molecule has 0 aromatic carbocycles. The Hall–Kier alpha value is -1.78. The molecule has 0 unspecified atom stereocenters. The van der Waals surface area contributed by atoms with Crippen molar-refractivity contribution in [2.45, 2.75) is 46.1 Å². The maximum absolute atomic E-state index is 12.4. The number of hydrogen-bond acceptors (Lipinski definition) is 3. The first-order valence-corrected chi connectivity index (χ1v) is 7.17. The number of carbonyl (C=O) groups is 2. The molecule has 20 heavy (non-hydrogen) atoms. The third-order valence-electron chi connectivity index (χ3n) is 3.49. The predicted molar refractivity (Wildman–Crippen MR) is 75.5 cm³/mol. The van der Waals surface area contributed by atoms with Gasteiger partial charge in [0.15, 0.2) is 0 Å². The number of amides is 2. The molecule has 1 aliphatic carbocycles. The van der Waals surface area contributed by atoms with Crippen molar-refractivity contribution in [2.24, 2.45) is 0 Å². The van der Waals surface area contributed by atoms with Gasteiger partial charge in [-0.05, 0) is 39.7 Å². The van der Waals surface area contributed by atoms with Crippen LogP contribution >= 0.6 is 0 Å². The van der Waals surface area contributed by atoms with Crippen molar-refractivity contribution in [3.8, 4) is 0 Å². The average Bonchev–Trinajstić information content (AvgIpc) is 3.13. The zero-order valence-corrected chi connectivity index (χ0v) is 12.4. The second kappa shape index (κ2) is 6.11. The summed E-state index contributed by atoms with van der Waals surface area (Å²) in [5.74, 6) is 1.32. The Morgan fingerprint density at radius 3 is 2.60 bits per heavy atom. The maximum atomic E-state index is 12.4. The SMILES string of the molecule is CCN(CCC(=O)NC1CC1)C(=O)c1cc(C)oc1C. The van der Waals surface area contributed by atoms with Crippen molar-refractivity contribution in [2.75, 3.05) is 13.1 Å². The molecule has 0 aliphatic heterocycles. The summed E-state index contributed by atoms with van der Waals surface area (Å²) in [5, 5.41) is 2.93. The van der Waals surface area contributed by atoms with Gasteiger partial charge in [-0.3, -0.25) is 9.59 Å². The van der Waals surface area contributed by atoms with Gasteiger partial charge >= 0.3 is 0 Å². The molecule has 5 nitrogen and oxygen atoms in total. The van der Waals surface area contributed by atoms with Gasteiger partial charge in [0.2, 0.25) is 5.91 Å². The lowest BCUT2D eigenvalue weighted by molar-refractivity contribution is -0.121. The number of aryl methyl sites for hydroxylation is 2. The van der Waals surface area contributed by atoms with Gasteiger partial charge in [-0.25, -0.2) is 0 Å². The van der Waals surface area contributed by atoms with Crippen molar-refractivity contribution in [3.05, 3.63) is 23.2 Å². The molecular formula is C15H22N2O3. The topological polar surface area (TPSA) is 62.6 Å². The monoisotopic (exact) mass is 278 g/mol. The highest BCUT2D eigenvalue weighted by Crippen LogP contribution is 2.19. The first-order chi connectivity index (χ1) is 9.51. The lowest BCUT2D eigenvalue weighted by Gasteiger charge is -2.20. The van der Waals surface area contributed by atoms with E-state index in [2.05, 4.69) is 5.32 Å². The quantitative estimate of drug-likeness (QED) is 0.866. The van der Waals surface area contributed by atoms with E-state index in [9.17, 15) is 9.59 Å². The predicted octanol–water partition coefficient (Wildman–Crippen LogP) is 2.03. The Kier molecular flexibility index (Phi) is 4.47. The molecule has 2 rings (SSSR count). The Labute approximate surface area is 119 Å². The fourth-order valence-corrected chi connectivity index (χ4v) is 2.18. The molecule has 5 heteroatoms. The largest absolute Gasteiger partial charge is 0.466 e. The zero-order valence-electron chi connectivity index (χ0n) is 12.4. The maximum Gasteiger partial charge on any atom is 0.257 e. The van der Waals surface area contributed by atoms with E-state index in [4.69, 9.17) is 4.42 Å². The van der Waals surface area contributed by atoms with Crippen molar-refractivity contribution < 1.29 is 14.0 Å². The van der Waals surface area contributed by atoms with Gasteiger partial charge in [-0.2, -0.15) is 0 Å². The van der Waals surface area contributed by atoms with Crippen LogP contribution in [0.5, 0.6) is 0 Å². The van der Waals surface area contributed by atoms with Crippen LogP contribution in [0.25, 0.3) is 0 Å². The first kappa shape index (κ1) is 14.6. The second-order valence-electron chi connectivity index (χ2n) is 5.30. The summed E-state index contributed by atoms with van der Waals surface area (Å²) < 4.78 is 5.39. The highest BCUT2D eigenvalue weighted by atomic mass is 16.3. The van der Waals surface area contributed by atoms with Gasteiger partial charge in [0.1, 0.15) is 11.5 Å². The molecule has 0 radical (unpaired) electrons. The van der Waals surface area contributed by atoms with Crippen molar-refractivity contribution in [1.82, 2.24) is 10.2 Å². The molecule has 110 valence electrons. The van der Waals surface area contributed by atoms with Crippen molar-refractivity contribution >= 4 is 11.8 Å². The molecule has 1 aromatic rings. The number of carbonyl (C=O) groups excluding carboxylic acids is 2. The highest BCUT2D eigenvalue weighted by molar-refractivity contribution is 5.95. The summed E-state index contributed by atoms with van der Waals surface area (Å²) in [6.45, 7) is 6.55. The molecule has 2 amide bonds. The van der Waals surface area contributed by atoms with Crippen LogP contribution in [0.15, 0.2) is 10.5 Å². The van der Waals surface area contributed by atoms with E-state index in [0.717, 1.165) is 18.6 Å². The fourth-order valence-electron chi connectivity index (χ4n) is 2.18.